The van der Waals surface area contributed by atoms with Crippen LogP contribution in [-0.4, -0.2) is 22.9 Å². The maximum Gasteiger partial charge on any atom is 0.0900 e. The molecular formula is C10H14O2. The van der Waals surface area contributed by atoms with E-state index in [9.17, 15) is 5.11 Å². The van der Waals surface area contributed by atoms with Crippen molar-refractivity contribution in [3.05, 3.63) is 0 Å². The minimum Gasteiger partial charge on any atom is -0.389 e. The van der Waals surface area contributed by atoms with Crippen LogP contribution < -0.4 is 0 Å². The van der Waals surface area contributed by atoms with E-state index in [-0.39, 0.29) is 5.60 Å². The lowest BCUT2D eigenvalue weighted by Crippen LogP contribution is -2.37. The number of fused-ring (bicyclic) bond motifs is 7. The van der Waals surface area contributed by atoms with Crippen molar-refractivity contribution < 1.29 is 9.84 Å². The summed E-state index contributed by atoms with van der Waals surface area (Å²) in [5.74, 6) is 2.20. The van der Waals surface area contributed by atoms with E-state index in [0.29, 0.717) is 18.1 Å². The van der Waals surface area contributed by atoms with Gasteiger partial charge in [-0.2, -0.15) is 0 Å². The Balaban J connectivity index is 1.80. The quantitative estimate of drug-likeness (QED) is 0.543. The molecular weight excluding hydrogens is 152 g/mol. The van der Waals surface area contributed by atoms with Crippen LogP contribution in [0, 0.1) is 17.8 Å². The summed E-state index contributed by atoms with van der Waals surface area (Å²) in [6.07, 6.45) is 5.66. The van der Waals surface area contributed by atoms with Gasteiger partial charge >= 0.3 is 0 Å². The average Bonchev–Trinajstić information content (AvgIpc) is 2.44. The summed E-state index contributed by atoms with van der Waals surface area (Å²) in [5, 5.41) is 10.3. The summed E-state index contributed by atoms with van der Waals surface area (Å²) >= 11 is 0. The molecule has 66 valence electrons. The molecule has 4 aliphatic rings. The van der Waals surface area contributed by atoms with Gasteiger partial charge in [0.05, 0.1) is 17.8 Å². The molecule has 3 saturated carbocycles. The second-order valence-corrected chi connectivity index (χ2v) is 5.17. The molecule has 1 N–H and O–H groups in total. The Morgan fingerprint density at radius 2 is 2.33 bits per heavy atom. The second-order valence-electron chi connectivity index (χ2n) is 5.17. The second kappa shape index (κ2) is 1.60. The third kappa shape index (κ3) is 0.521. The molecule has 4 fully saturated rings. The molecule has 1 heterocycles. The number of hydrogen-bond donors (Lipinski definition) is 1. The third-order valence-electron chi connectivity index (χ3n) is 4.73. The molecule has 6 atom stereocenters. The Labute approximate surface area is 71.9 Å². The first-order chi connectivity index (χ1) is 5.78. The van der Waals surface area contributed by atoms with Gasteiger partial charge in [0.1, 0.15) is 0 Å². The van der Waals surface area contributed by atoms with Gasteiger partial charge < -0.3 is 9.84 Å². The lowest BCUT2D eigenvalue weighted by Gasteiger charge is -2.31. The minimum atomic E-state index is -0.300. The monoisotopic (exact) mass is 166 g/mol. The predicted molar refractivity (Wildman–Crippen MR) is 42.5 cm³/mol. The number of epoxide rings is 1. The summed E-state index contributed by atoms with van der Waals surface area (Å²) in [6.45, 7) is 0. The van der Waals surface area contributed by atoms with Crippen molar-refractivity contribution in [3.63, 3.8) is 0 Å². The molecule has 2 heteroatoms. The number of rotatable bonds is 0. The summed E-state index contributed by atoms with van der Waals surface area (Å²) in [5.41, 5.74) is -0.300. The van der Waals surface area contributed by atoms with Crippen LogP contribution in [0.4, 0.5) is 0 Å². The Kier molecular flexibility index (Phi) is 0.851. The molecule has 0 radical (unpaired) electrons. The molecule has 2 bridgehead atoms. The molecule has 1 aliphatic heterocycles. The fourth-order valence-electron chi connectivity index (χ4n) is 4.27. The van der Waals surface area contributed by atoms with Crippen LogP contribution in [0.15, 0.2) is 0 Å². The number of ether oxygens (including phenoxy) is 1. The fraction of sp³-hybridized carbons (Fsp3) is 1.00. The van der Waals surface area contributed by atoms with E-state index in [1.807, 2.05) is 0 Å². The zero-order chi connectivity index (χ0) is 7.92. The van der Waals surface area contributed by atoms with Crippen LogP contribution in [0.3, 0.4) is 0 Å². The van der Waals surface area contributed by atoms with Gasteiger partial charge in [-0.05, 0) is 37.5 Å². The highest BCUT2D eigenvalue weighted by Crippen LogP contribution is 2.65. The van der Waals surface area contributed by atoms with Crippen molar-refractivity contribution in [2.75, 3.05) is 0 Å². The lowest BCUT2D eigenvalue weighted by atomic mass is 9.79. The largest absolute Gasteiger partial charge is 0.389 e. The predicted octanol–water partition coefficient (Wildman–Crippen LogP) is 0.935. The Bertz CT molecular complexity index is 252. The first-order valence-corrected chi connectivity index (χ1v) is 5.16. The molecule has 0 aromatic carbocycles. The molecule has 12 heavy (non-hydrogen) atoms. The topological polar surface area (TPSA) is 32.8 Å². The van der Waals surface area contributed by atoms with E-state index in [1.54, 1.807) is 0 Å². The van der Waals surface area contributed by atoms with Crippen molar-refractivity contribution in [2.45, 2.75) is 43.5 Å². The van der Waals surface area contributed by atoms with Crippen LogP contribution in [0.25, 0.3) is 0 Å². The van der Waals surface area contributed by atoms with Gasteiger partial charge in [0.15, 0.2) is 0 Å². The average molecular weight is 166 g/mol. The summed E-state index contributed by atoms with van der Waals surface area (Å²) in [4.78, 5) is 0. The van der Waals surface area contributed by atoms with Crippen molar-refractivity contribution in [3.8, 4) is 0 Å². The van der Waals surface area contributed by atoms with Crippen LogP contribution in [0.2, 0.25) is 0 Å². The van der Waals surface area contributed by atoms with E-state index in [1.165, 1.54) is 12.8 Å². The number of aliphatic hydroxyl groups is 1. The molecule has 0 spiro atoms. The lowest BCUT2D eigenvalue weighted by molar-refractivity contribution is -0.0271. The SMILES string of the molecule is OC12CCC(C1)C1CC3OC3C12. The van der Waals surface area contributed by atoms with E-state index in [2.05, 4.69) is 0 Å². The molecule has 4 rings (SSSR count). The first kappa shape index (κ1) is 6.39. The molecule has 1 saturated heterocycles. The van der Waals surface area contributed by atoms with E-state index in [0.717, 1.165) is 24.7 Å². The van der Waals surface area contributed by atoms with Gasteiger partial charge in [-0.3, -0.25) is 0 Å². The van der Waals surface area contributed by atoms with Crippen molar-refractivity contribution in [2.24, 2.45) is 17.8 Å². The third-order valence-corrected chi connectivity index (χ3v) is 4.73. The molecule has 2 nitrogen and oxygen atoms in total. The Hall–Kier alpha value is -0.0800. The molecule has 0 aromatic heterocycles. The fourth-order valence-corrected chi connectivity index (χ4v) is 4.27. The van der Waals surface area contributed by atoms with Crippen molar-refractivity contribution >= 4 is 0 Å². The standard InChI is InChI=1S/C10H14O2/c11-10-2-1-5(4-10)6-3-7-9(12-7)8(6)10/h5-9,11H,1-4H2. The van der Waals surface area contributed by atoms with Crippen LogP contribution >= 0.6 is 0 Å². The van der Waals surface area contributed by atoms with E-state index >= 15 is 0 Å². The van der Waals surface area contributed by atoms with Crippen molar-refractivity contribution in [1.29, 1.82) is 0 Å². The first-order valence-electron chi connectivity index (χ1n) is 5.16. The van der Waals surface area contributed by atoms with Gasteiger partial charge in [-0.15, -0.1) is 0 Å². The van der Waals surface area contributed by atoms with E-state index < -0.39 is 0 Å². The Morgan fingerprint density at radius 1 is 1.42 bits per heavy atom. The van der Waals surface area contributed by atoms with E-state index in [4.69, 9.17) is 4.74 Å². The summed E-state index contributed by atoms with van der Waals surface area (Å²) < 4.78 is 5.52. The zero-order valence-electron chi connectivity index (χ0n) is 7.07. The summed E-state index contributed by atoms with van der Waals surface area (Å²) in [6, 6.07) is 0. The normalized spacial score (nSPS) is 71.2. The van der Waals surface area contributed by atoms with Gasteiger partial charge in [0.2, 0.25) is 0 Å². The van der Waals surface area contributed by atoms with Gasteiger partial charge in [-0.1, -0.05) is 0 Å². The van der Waals surface area contributed by atoms with Crippen LogP contribution in [0.5, 0.6) is 0 Å². The molecule has 3 aliphatic carbocycles. The molecule has 6 unspecified atom stereocenters. The highest BCUT2D eigenvalue weighted by Gasteiger charge is 2.69. The van der Waals surface area contributed by atoms with Crippen molar-refractivity contribution in [1.82, 2.24) is 0 Å². The minimum absolute atomic E-state index is 0.300. The highest BCUT2D eigenvalue weighted by molar-refractivity contribution is 5.18. The van der Waals surface area contributed by atoms with Crippen LogP contribution in [-0.2, 0) is 4.74 Å². The Morgan fingerprint density at radius 3 is 3.17 bits per heavy atom. The van der Waals surface area contributed by atoms with Gasteiger partial charge in [0, 0.05) is 5.92 Å². The van der Waals surface area contributed by atoms with Gasteiger partial charge in [0.25, 0.3) is 0 Å². The highest BCUT2D eigenvalue weighted by atomic mass is 16.6. The van der Waals surface area contributed by atoms with Gasteiger partial charge in [-0.25, -0.2) is 0 Å². The summed E-state index contributed by atoms with van der Waals surface area (Å²) in [7, 11) is 0. The maximum atomic E-state index is 10.3. The molecule has 0 aromatic rings. The van der Waals surface area contributed by atoms with Crippen LogP contribution in [0.1, 0.15) is 25.7 Å². The maximum absolute atomic E-state index is 10.3. The molecule has 0 amide bonds. The number of hydrogen-bond acceptors (Lipinski definition) is 2. The smallest absolute Gasteiger partial charge is 0.0900 e. The zero-order valence-corrected chi connectivity index (χ0v) is 7.07.